The Balaban J connectivity index is 1.65. The van der Waals surface area contributed by atoms with E-state index in [0.717, 1.165) is 25.8 Å². The van der Waals surface area contributed by atoms with Crippen molar-refractivity contribution < 1.29 is 19.0 Å². The van der Waals surface area contributed by atoms with E-state index in [4.69, 9.17) is 14.2 Å². The summed E-state index contributed by atoms with van der Waals surface area (Å²) in [5.41, 5.74) is 4.76. The fourth-order valence-corrected chi connectivity index (χ4v) is 4.28. The Morgan fingerprint density at radius 1 is 1.00 bits per heavy atom. The van der Waals surface area contributed by atoms with Gasteiger partial charge >= 0.3 is 0 Å². The van der Waals surface area contributed by atoms with Gasteiger partial charge in [0, 0.05) is 5.56 Å². The predicted molar refractivity (Wildman–Crippen MR) is 132 cm³/mol. The highest BCUT2D eigenvalue weighted by atomic mass is 79.9. The van der Waals surface area contributed by atoms with Crippen molar-refractivity contribution in [3.8, 4) is 17.2 Å². The van der Waals surface area contributed by atoms with Crippen molar-refractivity contribution in [2.75, 3.05) is 13.7 Å². The van der Waals surface area contributed by atoms with Crippen LogP contribution in [0.1, 0.15) is 28.4 Å². The molecular formula is C24H22Br2N2O4. The van der Waals surface area contributed by atoms with Gasteiger partial charge in [-0.15, -0.1) is 0 Å². The van der Waals surface area contributed by atoms with Gasteiger partial charge in [-0.3, -0.25) is 4.79 Å². The molecule has 0 atom stereocenters. The molecule has 166 valence electrons. The molecule has 0 aliphatic carbocycles. The molecule has 0 aliphatic rings. The Kier molecular flexibility index (Phi) is 8.70. The van der Waals surface area contributed by atoms with E-state index in [1.54, 1.807) is 24.4 Å². The molecule has 0 aromatic heterocycles. The number of hydrazone groups is 1. The lowest BCUT2D eigenvalue weighted by molar-refractivity contribution is 0.0954. The molecule has 1 N–H and O–H groups in total. The second-order valence-electron chi connectivity index (χ2n) is 6.59. The number of amides is 1. The van der Waals surface area contributed by atoms with Crippen LogP contribution in [0.3, 0.4) is 0 Å². The van der Waals surface area contributed by atoms with Gasteiger partial charge in [0.15, 0.2) is 11.5 Å². The highest BCUT2D eigenvalue weighted by molar-refractivity contribution is 9.11. The molecule has 0 aliphatic heterocycles. The summed E-state index contributed by atoms with van der Waals surface area (Å²) in [4.78, 5) is 12.5. The van der Waals surface area contributed by atoms with E-state index >= 15 is 0 Å². The van der Waals surface area contributed by atoms with Crippen LogP contribution in [0.15, 0.2) is 74.7 Å². The van der Waals surface area contributed by atoms with Crippen LogP contribution in [0.5, 0.6) is 17.2 Å². The molecule has 3 aromatic carbocycles. The largest absolute Gasteiger partial charge is 0.493 e. The lowest BCUT2D eigenvalue weighted by Gasteiger charge is -2.12. The van der Waals surface area contributed by atoms with Crippen molar-refractivity contribution in [1.29, 1.82) is 0 Å². The third kappa shape index (κ3) is 6.34. The summed E-state index contributed by atoms with van der Waals surface area (Å²) in [5.74, 6) is 1.38. The van der Waals surface area contributed by atoms with E-state index in [0.29, 0.717) is 30.3 Å². The number of methoxy groups -OCH3 is 1. The first kappa shape index (κ1) is 23.8. The van der Waals surface area contributed by atoms with Crippen LogP contribution in [0.25, 0.3) is 0 Å². The van der Waals surface area contributed by atoms with Gasteiger partial charge in [0.2, 0.25) is 0 Å². The van der Waals surface area contributed by atoms with Crippen molar-refractivity contribution in [1.82, 2.24) is 5.43 Å². The molecule has 0 saturated carbocycles. The molecule has 0 unspecified atom stereocenters. The maximum atomic E-state index is 12.5. The smallest absolute Gasteiger partial charge is 0.271 e. The highest BCUT2D eigenvalue weighted by Gasteiger charge is 2.12. The molecular weight excluding hydrogens is 540 g/mol. The van der Waals surface area contributed by atoms with E-state index in [2.05, 4.69) is 42.4 Å². The summed E-state index contributed by atoms with van der Waals surface area (Å²) in [6, 6.07) is 18.5. The minimum atomic E-state index is -0.363. The first-order valence-electron chi connectivity index (χ1n) is 9.81. The lowest BCUT2D eigenvalue weighted by Crippen LogP contribution is -2.17. The molecule has 6 nitrogen and oxygen atoms in total. The van der Waals surface area contributed by atoms with Crippen LogP contribution in [0, 0.1) is 0 Å². The van der Waals surface area contributed by atoms with E-state index in [1.807, 2.05) is 49.4 Å². The van der Waals surface area contributed by atoms with Crippen molar-refractivity contribution in [2.24, 2.45) is 5.10 Å². The number of carbonyl (C=O) groups is 1. The maximum absolute atomic E-state index is 12.5. The fourth-order valence-electron chi connectivity index (χ4n) is 2.83. The van der Waals surface area contributed by atoms with Gasteiger partial charge in [-0.2, -0.15) is 5.10 Å². The second-order valence-corrected chi connectivity index (χ2v) is 8.29. The standard InChI is InChI=1S/C24H22Br2N2O4/c1-3-31-23-19(25)11-17(12-20(23)26)14-27-28-24(29)18-9-10-21(22(13-18)30-2)32-15-16-7-5-4-6-8-16/h4-14H,3,15H2,1-2H3,(H,28,29)/b27-14+. The normalized spacial score (nSPS) is 10.8. The summed E-state index contributed by atoms with van der Waals surface area (Å²) in [6.07, 6.45) is 1.55. The molecule has 0 saturated heterocycles. The number of nitrogens with zero attached hydrogens (tertiary/aromatic N) is 1. The molecule has 3 rings (SSSR count). The fraction of sp³-hybridized carbons (Fsp3) is 0.167. The van der Waals surface area contributed by atoms with Crippen molar-refractivity contribution >= 4 is 44.0 Å². The first-order chi connectivity index (χ1) is 15.5. The number of ether oxygens (including phenoxy) is 3. The first-order valence-corrected chi connectivity index (χ1v) is 11.4. The van der Waals surface area contributed by atoms with Crippen LogP contribution in [-0.4, -0.2) is 25.8 Å². The van der Waals surface area contributed by atoms with E-state index in [9.17, 15) is 4.79 Å². The molecule has 32 heavy (non-hydrogen) atoms. The summed E-state index contributed by atoms with van der Waals surface area (Å²) in [7, 11) is 1.53. The number of hydrogen-bond donors (Lipinski definition) is 1. The van der Waals surface area contributed by atoms with Crippen LogP contribution in [0.4, 0.5) is 0 Å². The third-order valence-corrected chi connectivity index (χ3v) is 5.53. The minimum Gasteiger partial charge on any atom is -0.493 e. The molecule has 0 bridgehead atoms. The Morgan fingerprint density at radius 2 is 1.72 bits per heavy atom. The van der Waals surface area contributed by atoms with E-state index < -0.39 is 0 Å². The van der Waals surface area contributed by atoms with Crippen molar-refractivity contribution in [3.63, 3.8) is 0 Å². The number of rotatable bonds is 9. The van der Waals surface area contributed by atoms with Gasteiger partial charge in [-0.05, 0) is 80.2 Å². The molecule has 0 spiro atoms. The molecule has 3 aromatic rings. The zero-order valence-electron chi connectivity index (χ0n) is 17.6. The Morgan fingerprint density at radius 3 is 2.38 bits per heavy atom. The summed E-state index contributed by atoms with van der Waals surface area (Å²) in [5, 5.41) is 4.05. The molecule has 0 heterocycles. The zero-order valence-corrected chi connectivity index (χ0v) is 20.8. The van der Waals surface area contributed by atoms with Gasteiger partial charge in [0.1, 0.15) is 12.4 Å². The molecule has 1 amide bonds. The topological polar surface area (TPSA) is 69.2 Å². The van der Waals surface area contributed by atoms with Gasteiger partial charge in [0.05, 0.1) is 28.9 Å². The van der Waals surface area contributed by atoms with Crippen LogP contribution in [-0.2, 0) is 6.61 Å². The van der Waals surface area contributed by atoms with Crippen LogP contribution >= 0.6 is 31.9 Å². The third-order valence-electron chi connectivity index (χ3n) is 4.35. The van der Waals surface area contributed by atoms with Gasteiger partial charge < -0.3 is 14.2 Å². The van der Waals surface area contributed by atoms with Crippen LogP contribution < -0.4 is 19.6 Å². The number of hydrogen-bond acceptors (Lipinski definition) is 5. The highest BCUT2D eigenvalue weighted by Crippen LogP contribution is 2.34. The average molecular weight is 562 g/mol. The van der Waals surface area contributed by atoms with Gasteiger partial charge in [-0.25, -0.2) is 5.43 Å². The summed E-state index contributed by atoms with van der Waals surface area (Å²) < 4.78 is 18.4. The van der Waals surface area contributed by atoms with Crippen molar-refractivity contribution in [3.05, 3.63) is 86.3 Å². The van der Waals surface area contributed by atoms with Crippen LogP contribution in [0.2, 0.25) is 0 Å². The average Bonchev–Trinajstić information content (AvgIpc) is 2.80. The lowest BCUT2D eigenvalue weighted by atomic mass is 10.2. The number of benzene rings is 3. The molecule has 8 heteroatoms. The molecule has 0 fully saturated rings. The SMILES string of the molecule is CCOc1c(Br)cc(/C=N/NC(=O)c2ccc(OCc3ccccc3)c(OC)c2)cc1Br. The number of carbonyl (C=O) groups excluding carboxylic acids is 1. The van der Waals surface area contributed by atoms with Gasteiger partial charge in [-0.1, -0.05) is 30.3 Å². The minimum absolute atomic E-state index is 0.363. The van der Waals surface area contributed by atoms with E-state index in [1.165, 1.54) is 7.11 Å². The Bertz CT molecular complexity index is 1080. The Hall–Kier alpha value is -2.84. The van der Waals surface area contributed by atoms with Gasteiger partial charge in [0.25, 0.3) is 5.91 Å². The summed E-state index contributed by atoms with van der Waals surface area (Å²) in [6.45, 7) is 2.88. The van der Waals surface area contributed by atoms with E-state index in [-0.39, 0.29) is 5.91 Å². The number of nitrogens with one attached hydrogen (secondary N) is 1. The maximum Gasteiger partial charge on any atom is 0.271 e. The summed E-state index contributed by atoms with van der Waals surface area (Å²) >= 11 is 6.95. The van der Waals surface area contributed by atoms with Crippen molar-refractivity contribution in [2.45, 2.75) is 13.5 Å². The monoisotopic (exact) mass is 560 g/mol. The zero-order chi connectivity index (χ0) is 22.9. The quantitative estimate of drug-likeness (QED) is 0.258. The predicted octanol–water partition coefficient (Wildman–Crippen LogP) is 5.96. The number of halogens is 2. The second kappa shape index (κ2) is 11.7. The molecule has 0 radical (unpaired) electrons. The Labute approximate surface area is 203 Å².